The maximum absolute atomic E-state index is 11.1. The van der Waals surface area contributed by atoms with Crippen LogP contribution in [0.15, 0.2) is 27.1 Å². The van der Waals surface area contributed by atoms with E-state index in [4.69, 9.17) is 5.14 Å². The number of rotatable bonds is 1. The number of aromatic nitrogens is 1. The number of thiophene rings is 1. The van der Waals surface area contributed by atoms with E-state index >= 15 is 0 Å². The Morgan fingerprint density at radius 2 is 2.14 bits per heavy atom. The lowest BCUT2D eigenvalue weighted by atomic mass is 10.3. The summed E-state index contributed by atoms with van der Waals surface area (Å²) in [6, 6.07) is 1.54. The Kier molecular flexibility index (Phi) is 2.34. The fraction of sp³-hybridized carbons (Fsp3) is 0. The molecular formula is C7H5BrN2O2S2. The van der Waals surface area contributed by atoms with Crippen molar-refractivity contribution in [3.63, 3.8) is 0 Å². The molecule has 0 aliphatic carbocycles. The quantitative estimate of drug-likeness (QED) is 0.869. The second kappa shape index (κ2) is 3.27. The lowest BCUT2D eigenvalue weighted by molar-refractivity contribution is 0.600. The molecule has 2 N–H and O–H groups in total. The third-order valence-electron chi connectivity index (χ3n) is 1.66. The molecule has 0 saturated heterocycles. The summed E-state index contributed by atoms with van der Waals surface area (Å²) in [6.07, 6.45) is 3.22. The summed E-state index contributed by atoms with van der Waals surface area (Å²) in [7, 11) is -3.61. The van der Waals surface area contributed by atoms with Crippen molar-refractivity contribution in [1.82, 2.24) is 4.98 Å². The molecule has 14 heavy (non-hydrogen) atoms. The smallest absolute Gasteiger partial charge is 0.247 e. The molecule has 2 aromatic rings. The minimum Gasteiger partial charge on any atom is -0.262 e. The largest absolute Gasteiger partial charge is 0.262 e. The summed E-state index contributed by atoms with van der Waals surface area (Å²) in [5, 5.41) is 5.83. The van der Waals surface area contributed by atoms with Crippen LogP contribution in [0.1, 0.15) is 0 Å². The Hall–Kier alpha value is -0.500. The summed E-state index contributed by atoms with van der Waals surface area (Å²) in [5.74, 6) is 0. The molecule has 0 aliphatic rings. The van der Waals surface area contributed by atoms with E-state index in [1.54, 1.807) is 18.5 Å². The first-order valence-electron chi connectivity index (χ1n) is 3.54. The summed E-state index contributed by atoms with van der Waals surface area (Å²) >= 11 is 4.40. The SMILES string of the molecule is NS(=O)(=O)c1cc2c(Br)cncc2s1. The second-order valence-corrected chi connectivity index (χ2v) is 6.37. The molecule has 0 aromatic carbocycles. The molecule has 0 fully saturated rings. The molecule has 0 bridgehead atoms. The number of primary sulfonamides is 1. The molecule has 0 spiro atoms. The monoisotopic (exact) mass is 292 g/mol. The Bertz CT molecular complexity index is 591. The number of fused-ring (bicyclic) bond motifs is 1. The predicted octanol–water partition coefficient (Wildman–Crippen LogP) is 1.71. The maximum Gasteiger partial charge on any atom is 0.247 e. The fourth-order valence-electron chi connectivity index (χ4n) is 1.04. The highest BCUT2D eigenvalue weighted by atomic mass is 79.9. The van der Waals surface area contributed by atoms with Crippen LogP contribution in [0.25, 0.3) is 10.1 Å². The van der Waals surface area contributed by atoms with Gasteiger partial charge in [-0.3, -0.25) is 4.98 Å². The van der Waals surface area contributed by atoms with Crippen LogP contribution < -0.4 is 5.14 Å². The molecule has 7 heteroatoms. The molecule has 0 radical (unpaired) electrons. The second-order valence-electron chi connectivity index (χ2n) is 2.64. The van der Waals surface area contributed by atoms with E-state index in [1.165, 1.54) is 0 Å². The van der Waals surface area contributed by atoms with E-state index in [9.17, 15) is 8.42 Å². The van der Waals surface area contributed by atoms with Crippen molar-refractivity contribution >= 4 is 47.4 Å². The number of halogens is 1. The molecular weight excluding hydrogens is 288 g/mol. The van der Waals surface area contributed by atoms with Crippen molar-refractivity contribution in [2.24, 2.45) is 5.14 Å². The Morgan fingerprint density at radius 3 is 2.71 bits per heavy atom. The molecule has 0 saturated carbocycles. The topological polar surface area (TPSA) is 73.1 Å². The third-order valence-corrected chi connectivity index (χ3v) is 4.78. The van der Waals surface area contributed by atoms with Gasteiger partial charge in [-0.15, -0.1) is 11.3 Å². The van der Waals surface area contributed by atoms with Crippen molar-refractivity contribution < 1.29 is 8.42 Å². The van der Waals surface area contributed by atoms with Crippen molar-refractivity contribution in [2.45, 2.75) is 4.21 Å². The minimum absolute atomic E-state index is 0.154. The number of sulfonamides is 1. The molecule has 0 aliphatic heterocycles. The lowest BCUT2D eigenvalue weighted by Gasteiger charge is -1.89. The van der Waals surface area contributed by atoms with Crippen LogP contribution in [0.2, 0.25) is 0 Å². The van der Waals surface area contributed by atoms with Gasteiger partial charge in [0.15, 0.2) is 0 Å². The van der Waals surface area contributed by atoms with Crippen molar-refractivity contribution in [3.8, 4) is 0 Å². The number of pyridine rings is 1. The van der Waals surface area contributed by atoms with Gasteiger partial charge in [-0.2, -0.15) is 0 Å². The van der Waals surface area contributed by atoms with Gasteiger partial charge in [0.2, 0.25) is 10.0 Å². The highest BCUT2D eigenvalue weighted by molar-refractivity contribution is 9.10. The van der Waals surface area contributed by atoms with Gasteiger partial charge >= 0.3 is 0 Å². The first kappa shape index (κ1) is 10.0. The van der Waals surface area contributed by atoms with Gasteiger partial charge < -0.3 is 0 Å². The van der Waals surface area contributed by atoms with Gasteiger partial charge in [-0.1, -0.05) is 0 Å². The first-order chi connectivity index (χ1) is 6.48. The van der Waals surface area contributed by atoms with Crippen LogP contribution in [0.5, 0.6) is 0 Å². The van der Waals surface area contributed by atoms with Gasteiger partial charge in [0.1, 0.15) is 4.21 Å². The van der Waals surface area contributed by atoms with Gasteiger partial charge in [0.05, 0.1) is 4.70 Å². The van der Waals surface area contributed by atoms with Gasteiger partial charge in [0.25, 0.3) is 0 Å². The zero-order chi connectivity index (χ0) is 10.3. The maximum atomic E-state index is 11.1. The molecule has 0 amide bonds. The first-order valence-corrected chi connectivity index (χ1v) is 6.70. The van der Waals surface area contributed by atoms with Gasteiger partial charge in [-0.25, -0.2) is 13.6 Å². The van der Waals surface area contributed by atoms with Crippen LogP contribution in [-0.2, 0) is 10.0 Å². The summed E-state index contributed by atoms with van der Waals surface area (Å²) in [5.41, 5.74) is 0. The summed E-state index contributed by atoms with van der Waals surface area (Å²) < 4.78 is 23.8. The summed E-state index contributed by atoms with van der Waals surface area (Å²) in [6.45, 7) is 0. The van der Waals surface area contributed by atoms with Crippen LogP contribution in [0.3, 0.4) is 0 Å². The van der Waals surface area contributed by atoms with Crippen LogP contribution in [0, 0.1) is 0 Å². The summed E-state index contributed by atoms with van der Waals surface area (Å²) in [4.78, 5) is 3.94. The Balaban J connectivity index is 2.81. The molecule has 4 nitrogen and oxygen atoms in total. The minimum atomic E-state index is -3.61. The zero-order valence-corrected chi connectivity index (χ0v) is 9.99. The normalized spacial score (nSPS) is 12.1. The number of nitrogens with two attached hydrogens (primary N) is 1. The molecule has 2 rings (SSSR count). The average Bonchev–Trinajstić information content (AvgIpc) is 2.48. The van der Waals surface area contributed by atoms with Crippen molar-refractivity contribution in [3.05, 3.63) is 22.9 Å². The number of hydrogen-bond donors (Lipinski definition) is 1. The predicted molar refractivity (Wildman–Crippen MR) is 58.7 cm³/mol. The Morgan fingerprint density at radius 1 is 1.43 bits per heavy atom. The lowest BCUT2D eigenvalue weighted by Crippen LogP contribution is -2.09. The molecule has 74 valence electrons. The van der Waals surface area contributed by atoms with E-state index in [2.05, 4.69) is 20.9 Å². The highest BCUT2D eigenvalue weighted by Gasteiger charge is 2.13. The van der Waals surface area contributed by atoms with Crippen molar-refractivity contribution in [2.75, 3.05) is 0 Å². The highest BCUT2D eigenvalue weighted by Crippen LogP contribution is 2.31. The van der Waals surface area contributed by atoms with Crippen LogP contribution in [-0.4, -0.2) is 13.4 Å². The van der Waals surface area contributed by atoms with E-state index in [0.29, 0.717) is 0 Å². The average molecular weight is 293 g/mol. The molecule has 2 heterocycles. The van der Waals surface area contributed by atoms with E-state index < -0.39 is 10.0 Å². The van der Waals surface area contributed by atoms with Crippen LogP contribution >= 0.6 is 27.3 Å². The standard InChI is InChI=1S/C7H5BrN2O2S2/c8-5-2-10-3-6-4(5)1-7(13-6)14(9,11)12/h1-3H,(H2,9,11,12). The Labute approximate surface area is 92.9 Å². The van der Waals surface area contributed by atoms with E-state index in [0.717, 1.165) is 25.9 Å². The van der Waals surface area contributed by atoms with Crippen molar-refractivity contribution in [1.29, 1.82) is 0 Å². The van der Waals surface area contributed by atoms with Crippen LogP contribution in [0.4, 0.5) is 0 Å². The molecule has 0 atom stereocenters. The zero-order valence-electron chi connectivity index (χ0n) is 6.77. The van der Waals surface area contributed by atoms with E-state index in [-0.39, 0.29) is 4.21 Å². The fourth-order valence-corrected chi connectivity index (χ4v) is 3.42. The number of hydrogen-bond acceptors (Lipinski definition) is 4. The van der Waals surface area contributed by atoms with Gasteiger partial charge in [-0.05, 0) is 22.0 Å². The van der Waals surface area contributed by atoms with E-state index in [1.807, 2.05) is 0 Å². The number of nitrogens with zero attached hydrogens (tertiary/aromatic N) is 1. The third kappa shape index (κ3) is 1.68. The molecule has 2 aromatic heterocycles. The molecule has 0 unspecified atom stereocenters. The van der Waals surface area contributed by atoms with Gasteiger partial charge in [0, 0.05) is 22.3 Å².